The number of benzene rings is 2. The van der Waals surface area contributed by atoms with Gasteiger partial charge in [0.2, 0.25) is 5.91 Å². The van der Waals surface area contributed by atoms with Gasteiger partial charge in [-0.3, -0.25) is 4.79 Å². The molecule has 1 aliphatic rings. The third-order valence-electron chi connectivity index (χ3n) is 4.78. The molecule has 1 aliphatic heterocycles. The largest absolute Gasteiger partial charge is 0.497 e. The number of thioether (sulfide) groups is 1. The molecule has 4 heteroatoms. The predicted octanol–water partition coefficient (Wildman–Crippen LogP) is 4.75. The maximum absolute atomic E-state index is 12.7. The summed E-state index contributed by atoms with van der Waals surface area (Å²) in [7, 11) is 1.68. The first-order valence-electron chi connectivity index (χ1n) is 9.22. The summed E-state index contributed by atoms with van der Waals surface area (Å²) >= 11 is 1.85. The fraction of sp³-hybridized carbons (Fsp3) is 0.409. The van der Waals surface area contributed by atoms with Crippen molar-refractivity contribution in [3.05, 3.63) is 59.7 Å². The quantitative estimate of drug-likeness (QED) is 0.688. The zero-order valence-corrected chi connectivity index (χ0v) is 16.6. The Hall–Kier alpha value is -1.94. The lowest BCUT2D eigenvalue weighted by Crippen LogP contribution is -2.29. The molecule has 1 saturated heterocycles. The molecule has 3 rings (SSSR count). The van der Waals surface area contributed by atoms with Gasteiger partial charge in [-0.25, -0.2) is 0 Å². The second kappa shape index (κ2) is 8.63. The summed E-state index contributed by atoms with van der Waals surface area (Å²) in [6.45, 7) is 6.03. The Balaban J connectivity index is 1.55. The number of ether oxygens (including phenoxy) is 1. The number of nitrogens with zero attached hydrogens (tertiary/aromatic N) is 1. The van der Waals surface area contributed by atoms with Crippen LogP contribution in [-0.2, 0) is 11.2 Å². The minimum Gasteiger partial charge on any atom is -0.497 e. The molecule has 0 bridgehead atoms. The maximum Gasteiger partial charge on any atom is 0.227 e. The molecule has 138 valence electrons. The van der Waals surface area contributed by atoms with E-state index in [1.165, 1.54) is 10.5 Å². The standard InChI is InChI=1S/C22H27NO2S/c1-16(2)26-21-10-4-17(5-11-21)14-22(24)23-13-12-19(15-23)18-6-8-20(25-3)9-7-18/h4-11,16,19H,12-15H2,1-3H3/t19-/m1/s1. The van der Waals surface area contributed by atoms with E-state index in [4.69, 9.17) is 4.74 Å². The van der Waals surface area contributed by atoms with Crippen molar-refractivity contribution in [2.24, 2.45) is 0 Å². The lowest BCUT2D eigenvalue weighted by Gasteiger charge is -2.17. The molecule has 2 aromatic carbocycles. The number of carbonyl (C=O) groups excluding carboxylic acids is 1. The number of hydrogen-bond donors (Lipinski definition) is 0. The lowest BCUT2D eigenvalue weighted by molar-refractivity contribution is -0.129. The summed E-state index contributed by atoms with van der Waals surface area (Å²) < 4.78 is 5.22. The number of rotatable bonds is 6. The van der Waals surface area contributed by atoms with Crippen LogP contribution in [0, 0.1) is 0 Å². The van der Waals surface area contributed by atoms with Crippen LogP contribution < -0.4 is 4.74 Å². The van der Waals surface area contributed by atoms with E-state index in [0.717, 1.165) is 30.8 Å². The molecule has 2 aromatic rings. The van der Waals surface area contributed by atoms with E-state index in [-0.39, 0.29) is 5.91 Å². The number of amides is 1. The van der Waals surface area contributed by atoms with Crippen LogP contribution in [0.15, 0.2) is 53.4 Å². The van der Waals surface area contributed by atoms with E-state index < -0.39 is 0 Å². The second-order valence-corrected chi connectivity index (χ2v) is 8.74. The van der Waals surface area contributed by atoms with Gasteiger partial charge in [0.05, 0.1) is 13.5 Å². The van der Waals surface area contributed by atoms with Gasteiger partial charge in [0.15, 0.2) is 0 Å². The summed E-state index contributed by atoms with van der Waals surface area (Å²) in [4.78, 5) is 15.9. The minimum absolute atomic E-state index is 0.227. The SMILES string of the molecule is COc1ccc([C@@H]2CCN(C(=O)Cc3ccc(SC(C)C)cc3)C2)cc1. The molecule has 1 fully saturated rings. The zero-order chi connectivity index (χ0) is 18.5. The average Bonchev–Trinajstić information content (AvgIpc) is 3.13. The van der Waals surface area contributed by atoms with E-state index in [2.05, 4.69) is 50.2 Å². The molecule has 3 nitrogen and oxygen atoms in total. The predicted molar refractivity (Wildman–Crippen MR) is 108 cm³/mol. The Kier molecular flexibility index (Phi) is 6.25. The molecule has 0 radical (unpaired) electrons. The molecule has 0 aliphatic carbocycles. The molecule has 0 spiro atoms. The van der Waals surface area contributed by atoms with Gasteiger partial charge in [0, 0.05) is 29.2 Å². The van der Waals surface area contributed by atoms with Gasteiger partial charge in [0.1, 0.15) is 5.75 Å². The molecular weight excluding hydrogens is 342 g/mol. The molecule has 0 saturated carbocycles. The Bertz CT molecular complexity index is 725. The van der Waals surface area contributed by atoms with Crippen molar-refractivity contribution in [3.63, 3.8) is 0 Å². The highest BCUT2D eigenvalue weighted by Gasteiger charge is 2.27. The molecule has 0 N–H and O–H groups in total. The van der Waals surface area contributed by atoms with E-state index in [9.17, 15) is 4.79 Å². The highest BCUT2D eigenvalue weighted by atomic mass is 32.2. The van der Waals surface area contributed by atoms with Crippen LogP contribution in [0.4, 0.5) is 0 Å². The topological polar surface area (TPSA) is 29.5 Å². The van der Waals surface area contributed by atoms with Crippen LogP contribution in [0.5, 0.6) is 5.75 Å². The van der Waals surface area contributed by atoms with E-state index in [1.807, 2.05) is 28.8 Å². The van der Waals surface area contributed by atoms with Crippen LogP contribution >= 0.6 is 11.8 Å². The second-order valence-electron chi connectivity index (χ2n) is 7.09. The Morgan fingerprint density at radius 3 is 2.46 bits per heavy atom. The Morgan fingerprint density at radius 1 is 1.15 bits per heavy atom. The molecule has 0 aromatic heterocycles. The van der Waals surface area contributed by atoms with E-state index >= 15 is 0 Å². The summed E-state index contributed by atoms with van der Waals surface area (Å²) in [6.07, 6.45) is 1.52. The van der Waals surface area contributed by atoms with Crippen LogP contribution in [0.3, 0.4) is 0 Å². The van der Waals surface area contributed by atoms with E-state index in [1.54, 1.807) is 7.11 Å². The van der Waals surface area contributed by atoms with Gasteiger partial charge in [0.25, 0.3) is 0 Å². The normalized spacial score (nSPS) is 16.9. The number of hydrogen-bond acceptors (Lipinski definition) is 3. The molecule has 0 unspecified atom stereocenters. The first-order valence-corrected chi connectivity index (χ1v) is 10.1. The lowest BCUT2D eigenvalue weighted by atomic mass is 9.98. The summed E-state index contributed by atoms with van der Waals surface area (Å²) in [6, 6.07) is 16.6. The summed E-state index contributed by atoms with van der Waals surface area (Å²) in [5.41, 5.74) is 2.38. The fourth-order valence-corrected chi connectivity index (χ4v) is 4.22. The smallest absolute Gasteiger partial charge is 0.227 e. The van der Waals surface area contributed by atoms with Crippen molar-refractivity contribution in [2.45, 2.75) is 42.8 Å². The molecular formula is C22H27NO2S. The highest BCUT2D eigenvalue weighted by Crippen LogP contribution is 2.29. The van der Waals surface area contributed by atoms with Crippen molar-refractivity contribution >= 4 is 17.7 Å². The molecule has 1 heterocycles. The van der Waals surface area contributed by atoms with Gasteiger partial charge < -0.3 is 9.64 Å². The van der Waals surface area contributed by atoms with Crippen molar-refractivity contribution in [1.29, 1.82) is 0 Å². The molecule has 1 atom stereocenters. The number of methoxy groups -OCH3 is 1. The number of likely N-dealkylation sites (tertiary alicyclic amines) is 1. The van der Waals surface area contributed by atoms with Gasteiger partial charge >= 0.3 is 0 Å². The first kappa shape index (κ1) is 18.8. The minimum atomic E-state index is 0.227. The van der Waals surface area contributed by atoms with Gasteiger partial charge in [-0.15, -0.1) is 11.8 Å². The molecule has 26 heavy (non-hydrogen) atoms. The Morgan fingerprint density at radius 2 is 1.85 bits per heavy atom. The maximum atomic E-state index is 12.7. The van der Waals surface area contributed by atoms with Crippen molar-refractivity contribution in [1.82, 2.24) is 4.90 Å². The monoisotopic (exact) mass is 369 g/mol. The van der Waals surface area contributed by atoms with Crippen molar-refractivity contribution in [2.75, 3.05) is 20.2 Å². The van der Waals surface area contributed by atoms with Gasteiger partial charge in [-0.2, -0.15) is 0 Å². The third kappa shape index (κ3) is 4.82. The van der Waals surface area contributed by atoms with Crippen molar-refractivity contribution in [3.8, 4) is 5.75 Å². The summed E-state index contributed by atoms with van der Waals surface area (Å²) in [5.74, 6) is 1.53. The fourth-order valence-electron chi connectivity index (χ4n) is 3.38. The third-order valence-corrected chi connectivity index (χ3v) is 5.79. The highest BCUT2D eigenvalue weighted by molar-refractivity contribution is 7.99. The molecule has 1 amide bonds. The number of carbonyl (C=O) groups is 1. The van der Waals surface area contributed by atoms with Crippen molar-refractivity contribution < 1.29 is 9.53 Å². The summed E-state index contributed by atoms with van der Waals surface area (Å²) in [5, 5.41) is 0.571. The van der Waals surface area contributed by atoms with Crippen LogP contribution in [0.2, 0.25) is 0 Å². The van der Waals surface area contributed by atoms with Crippen LogP contribution in [0.1, 0.15) is 37.3 Å². The van der Waals surface area contributed by atoms with Crippen LogP contribution in [0.25, 0.3) is 0 Å². The zero-order valence-electron chi connectivity index (χ0n) is 15.8. The van der Waals surface area contributed by atoms with Gasteiger partial charge in [-0.05, 0) is 41.8 Å². The van der Waals surface area contributed by atoms with Crippen LogP contribution in [-0.4, -0.2) is 36.3 Å². The first-order chi connectivity index (χ1) is 12.5. The van der Waals surface area contributed by atoms with Gasteiger partial charge in [-0.1, -0.05) is 38.1 Å². The van der Waals surface area contributed by atoms with E-state index in [0.29, 0.717) is 17.6 Å². The average molecular weight is 370 g/mol. The Labute approximate surface area is 160 Å².